The fourth-order valence-electron chi connectivity index (χ4n) is 11.7. The van der Waals surface area contributed by atoms with Crippen LogP contribution in [0.2, 0.25) is 0 Å². The van der Waals surface area contributed by atoms with Crippen LogP contribution in [0.1, 0.15) is 148 Å². The minimum absolute atomic E-state index is 0.0408. The normalized spacial score (nSPS) is 13.8. The third-order valence-corrected chi connectivity index (χ3v) is 21.6. The highest BCUT2D eigenvalue weighted by Crippen LogP contribution is 2.41. The molecule has 0 spiro atoms. The average Bonchev–Trinajstić information content (AvgIpc) is 1.37. The van der Waals surface area contributed by atoms with E-state index in [0.29, 0.717) is 74.7 Å². The van der Waals surface area contributed by atoms with E-state index in [1.54, 1.807) is 96.7 Å². The quantitative estimate of drug-likeness (QED) is 0.0223. The zero-order valence-electron chi connectivity index (χ0n) is 77.3. The number of pyridine rings is 8. The molecular formula is C97H109Br2F10IN16O10. The molecule has 6 aliphatic carbocycles. The Hall–Kier alpha value is -12.0. The average molecular weight is 2140 g/mol. The second kappa shape index (κ2) is 50.2. The minimum Gasteiger partial charge on any atom is -0.472 e. The smallest absolute Gasteiger partial charge is 0.414 e. The third-order valence-electron chi connectivity index (χ3n) is 19.6. The minimum atomic E-state index is -1.25. The van der Waals surface area contributed by atoms with Gasteiger partial charge in [-0.1, -0.05) is 97.9 Å². The lowest BCUT2D eigenvalue weighted by Crippen LogP contribution is -2.34. The predicted octanol–water partition coefficient (Wildman–Crippen LogP) is 23.3. The number of carbonyl (C=O) groups is 2. The molecule has 0 aliphatic heterocycles. The first-order valence-corrected chi connectivity index (χ1v) is 46.4. The zero-order chi connectivity index (χ0) is 98.7. The van der Waals surface area contributed by atoms with Crippen molar-refractivity contribution >= 4 is 112 Å². The summed E-state index contributed by atoms with van der Waals surface area (Å²) in [6, 6.07) is 35.6. The monoisotopic (exact) mass is 2130 g/mol. The Bertz CT molecular complexity index is 5680. The van der Waals surface area contributed by atoms with E-state index in [2.05, 4.69) is 87.7 Å². The number of nitrogens with zero attached hydrogens (tertiary/aromatic N) is 12. The van der Waals surface area contributed by atoms with Crippen molar-refractivity contribution in [3.8, 4) is 35.3 Å². The number of nitrogens with two attached hydrogens (primary N) is 1. The maximum Gasteiger partial charge on any atom is 0.414 e. The first kappa shape index (κ1) is 106. The molecule has 6 fully saturated rings. The van der Waals surface area contributed by atoms with Crippen LogP contribution in [-0.4, -0.2) is 142 Å². The van der Waals surface area contributed by atoms with E-state index < -0.39 is 81.8 Å². The summed E-state index contributed by atoms with van der Waals surface area (Å²) in [7, 11) is 9.82. The SMILES string of the molecule is CCc1c(N)cnc(OC2CC2)c1F.CN(C(=O)OC(C)(C)C)c1ccnc(F)c1F.CN(C(=O)OC(C)(C)C)c1ccnc(OC2CC2)c1F.CN(Cc1ccccc1)c1c(Br)cnc(OC2CC2)c1F.CN(Cc1ccccc1)c1c(NCc2ccccc2)cnc(OC2CC2)c1F.CNc1c(Br)cnc(OC2CC2)c1F.CNc1ccnc(OC2CC2)c1F.Fc1nccc(I)c1F. The fraction of sp³-hybridized carbons (Fsp3) is 0.381. The van der Waals surface area contributed by atoms with E-state index in [4.69, 9.17) is 43.6 Å². The molecule has 17 rings (SSSR count). The highest BCUT2D eigenvalue weighted by molar-refractivity contribution is 14.1. The highest BCUT2D eigenvalue weighted by Gasteiger charge is 2.35. The molecule has 0 atom stereocenters. The van der Waals surface area contributed by atoms with Crippen LogP contribution in [0, 0.1) is 62.0 Å². The maximum absolute atomic E-state index is 15.3. The van der Waals surface area contributed by atoms with Crippen molar-refractivity contribution in [3.05, 3.63) is 258 Å². The summed E-state index contributed by atoms with van der Waals surface area (Å²) in [5.74, 6) is -6.67. The summed E-state index contributed by atoms with van der Waals surface area (Å²) < 4.78 is 180. The largest absolute Gasteiger partial charge is 0.472 e. The molecule has 2 amide bonds. The summed E-state index contributed by atoms with van der Waals surface area (Å²) >= 11 is 8.28. The first-order chi connectivity index (χ1) is 64.8. The molecular weight excluding hydrogens is 2030 g/mol. The van der Waals surface area contributed by atoms with Gasteiger partial charge >= 0.3 is 12.2 Å². The van der Waals surface area contributed by atoms with Gasteiger partial charge in [0.25, 0.3) is 41.2 Å². The van der Waals surface area contributed by atoms with Gasteiger partial charge in [0.05, 0.1) is 64.7 Å². The number of nitrogen functional groups attached to an aromatic ring is 1. The number of carbonyl (C=O) groups excluding carboxylic acids is 2. The summed E-state index contributed by atoms with van der Waals surface area (Å²) in [4.78, 5) is 59.2. The first-order valence-electron chi connectivity index (χ1n) is 43.7. The molecule has 39 heteroatoms. The second-order valence-electron chi connectivity index (χ2n) is 33.7. The highest BCUT2D eigenvalue weighted by atomic mass is 127. The molecule has 8 aromatic heterocycles. The Morgan fingerprint density at radius 2 is 0.772 bits per heavy atom. The molecule has 6 saturated carbocycles. The second-order valence-corrected chi connectivity index (χ2v) is 36.6. The number of anilines is 8. The van der Waals surface area contributed by atoms with Gasteiger partial charge in [-0.3, -0.25) is 9.80 Å². The van der Waals surface area contributed by atoms with E-state index in [9.17, 15) is 49.1 Å². The van der Waals surface area contributed by atoms with Gasteiger partial charge in [-0.05, 0) is 220 Å². The van der Waals surface area contributed by atoms with Gasteiger partial charge in [-0.2, -0.15) is 35.1 Å². The Labute approximate surface area is 814 Å². The molecule has 3 aromatic carbocycles. The summed E-state index contributed by atoms with van der Waals surface area (Å²) in [5, 5.41) is 8.82. The van der Waals surface area contributed by atoms with Crippen LogP contribution in [0.25, 0.3) is 0 Å². The van der Waals surface area contributed by atoms with Crippen molar-refractivity contribution in [2.45, 2.75) is 199 Å². The van der Waals surface area contributed by atoms with Crippen LogP contribution in [-0.2, 0) is 35.5 Å². The molecule has 5 N–H and O–H groups in total. The van der Waals surface area contributed by atoms with Gasteiger partial charge in [0.2, 0.25) is 40.9 Å². The van der Waals surface area contributed by atoms with Crippen molar-refractivity contribution < 1.29 is 91.4 Å². The Morgan fingerprint density at radius 3 is 1.19 bits per heavy atom. The number of hydrogen-bond donors (Lipinski definition) is 4. The molecule has 0 unspecified atom stereocenters. The third kappa shape index (κ3) is 33.5. The van der Waals surface area contributed by atoms with Crippen molar-refractivity contribution in [1.82, 2.24) is 39.9 Å². The summed E-state index contributed by atoms with van der Waals surface area (Å²) in [5.41, 5.74) is 10.8. The fourth-order valence-corrected chi connectivity index (χ4v) is 13.2. The van der Waals surface area contributed by atoms with Crippen LogP contribution in [0.3, 0.4) is 0 Å². The van der Waals surface area contributed by atoms with E-state index in [0.717, 1.165) is 110 Å². The Morgan fingerprint density at radius 1 is 0.412 bits per heavy atom. The summed E-state index contributed by atoms with van der Waals surface area (Å²) in [6.45, 7) is 14.0. The topological polar surface area (TPSA) is 286 Å². The van der Waals surface area contributed by atoms with E-state index in [-0.39, 0.29) is 86.8 Å². The van der Waals surface area contributed by atoms with Gasteiger partial charge in [-0.25, -0.2) is 58.2 Å². The van der Waals surface area contributed by atoms with Crippen molar-refractivity contribution in [3.63, 3.8) is 0 Å². The molecule has 26 nitrogen and oxygen atoms in total. The Balaban J connectivity index is 0.000000164. The zero-order valence-corrected chi connectivity index (χ0v) is 82.6. The van der Waals surface area contributed by atoms with Crippen molar-refractivity contribution in [1.29, 1.82) is 0 Å². The van der Waals surface area contributed by atoms with E-state index in [1.165, 1.54) is 63.3 Å². The van der Waals surface area contributed by atoms with Gasteiger partial charge in [0, 0.05) is 105 Å². The number of hydrogen-bond acceptors (Lipinski definition) is 24. The number of aromatic nitrogens is 8. The van der Waals surface area contributed by atoms with Crippen LogP contribution in [0.15, 0.2) is 174 Å². The van der Waals surface area contributed by atoms with Crippen molar-refractivity contribution in [2.75, 3.05) is 83.6 Å². The number of amides is 2. The molecule has 0 bridgehead atoms. The van der Waals surface area contributed by atoms with Gasteiger partial charge in [0.15, 0.2) is 11.6 Å². The predicted molar refractivity (Wildman–Crippen MR) is 517 cm³/mol. The summed E-state index contributed by atoms with van der Waals surface area (Å²) in [6.07, 6.45) is 23.1. The van der Waals surface area contributed by atoms with E-state index >= 15 is 4.39 Å². The standard InChI is InChI=1S/C23H24FN3O.C16H16BrFN2O.C14H19FN2O3.C11H14F2N2O2.C10H13FN2O.C9H10BrFN2O.C9H11FN2O.C5H2F2IN/c1-27(16-18-10-6-3-7-11-18)22-20(25-14-17-8-4-2-5-9-17)15-26-23(21(22)24)28-19-12-13-19;1-20(10-11-5-3-2-4-6-11)15-13(17)9-19-16(14(15)18)21-12-7-8-12;1-14(2,3)20-13(18)17(4)10-7-8-16-12(11(10)15)19-9-5-6-9;1-11(2,3)17-10(16)15(4)7-5-6-14-9(13)8(7)12;1-2-7-8(12)5-13-10(9(7)11)14-6-3-4-6;1-12-8-6(10)4-13-9(7(8)11)14-5-2-3-5;1-11-7-4-5-12-9(8(7)10)13-6-2-3-6;6-4-3(8)1-2-9-5(4)7/h2-11,15,19,25H,12-14,16H2,1H3;2-6,9,12H,7-8,10H2,1H3;7-9H,5-6H2,1-4H3;5-6H,1-4H3;5-6H,2-4,12H2,1H3;4-5H,2-3H2,1H3,(H,12,13);4-6H,2-3H2,1H3,(H,11,12);1-2H. The van der Waals surface area contributed by atoms with Gasteiger partial charge in [-0.15, -0.1) is 0 Å². The Kier molecular flexibility index (Phi) is 39.1. The van der Waals surface area contributed by atoms with Crippen LogP contribution < -0.4 is 69.7 Å². The molecule has 8 heterocycles. The van der Waals surface area contributed by atoms with E-state index in [1.807, 2.05) is 122 Å². The lowest BCUT2D eigenvalue weighted by molar-refractivity contribution is 0.0577. The molecule has 136 heavy (non-hydrogen) atoms. The number of ether oxygens (including phenoxy) is 8. The van der Waals surface area contributed by atoms with Gasteiger partial charge in [0.1, 0.15) is 53.5 Å². The number of halogens is 13. The molecule has 11 aromatic rings. The lowest BCUT2D eigenvalue weighted by atomic mass is 10.1. The molecule has 728 valence electrons. The lowest BCUT2D eigenvalue weighted by Gasteiger charge is -2.25. The number of benzene rings is 3. The number of nitrogens with one attached hydrogen (secondary N) is 3. The van der Waals surface area contributed by atoms with Gasteiger partial charge < -0.3 is 69.4 Å². The maximum atomic E-state index is 15.3. The van der Waals surface area contributed by atoms with Crippen LogP contribution in [0.4, 0.5) is 99.0 Å². The molecule has 0 radical (unpaired) electrons. The van der Waals surface area contributed by atoms with Crippen molar-refractivity contribution in [2.24, 2.45) is 0 Å². The molecule has 0 saturated heterocycles. The number of rotatable bonds is 26. The molecule has 6 aliphatic rings. The van der Waals surface area contributed by atoms with Crippen LogP contribution in [0.5, 0.6) is 35.3 Å². The van der Waals surface area contributed by atoms with Crippen LogP contribution >= 0.6 is 54.5 Å².